The summed E-state index contributed by atoms with van der Waals surface area (Å²) >= 11 is 5.64. The lowest BCUT2D eigenvalue weighted by Crippen LogP contribution is -2.65. The molecule has 158 valence electrons. The number of rotatable bonds is 7. The summed E-state index contributed by atoms with van der Waals surface area (Å²) < 4.78 is 25.0. The Hall–Kier alpha value is -2.44. The quantitative estimate of drug-likeness (QED) is 0.713. The smallest absolute Gasteiger partial charge is 0.258 e. The number of ether oxygens (including phenoxy) is 2. The van der Waals surface area contributed by atoms with Crippen molar-refractivity contribution in [1.82, 2.24) is 5.32 Å². The lowest BCUT2D eigenvalue weighted by atomic mass is 9.62. The van der Waals surface area contributed by atoms with Gasteiger partial charge in [-0.25, -0.2) is 4.39 Å². The number of carbonyl (C=O) groups is 2. The fourth-order valence-electron chi connectivity index (χ4n) is 4.27. The SMILES string of the molecule is O=C(COc1ccc(Cl)c(F)c1)NC12CCC(OCc3ccccc3)(CC1)CC2=O. The number of carbonyl (C=O) groups excluding carboxylic acids is 2. The largest absolute Gasteiger partial charge is 0.484 e. The second-order valence-electron chi connectivity index (χ2n) is 8.05. The number of halogens is 2. The van der Waals surface area contributed by atoms with Gasteiger partial charge in [-0.3, -0.25) is 9.59 Å². The van der Waals surface area contributed by atoms with Crippen LogP contribution in [0.1, 0.15) is 37.7 Å². The van der Waals surface area contributed by atoms with Crippen LogP contribution in [-0.4, -0.2) is 29.4 Å². The van der Waals surface area contributed by atoms with E-state index in [1.165, 1.54) is 12.1 Å². The molecule has 0 aromatic heterocycles. The molecule has 2 aromatic rings. The molecule has 30 heavy (non-hydrogen) atoms. The van der Waals surface area contributed by atoms with Gasteiger partial charge in [0.05, 0.1) is 22.8 Å². The third-order valence-electron chi connectivity index (χ3n) is 6.06. The van der Waals surface area contributed by atoms with Crippen molar-refractivity contribution in [2.75, 3.05) is 6.61 Å². The van der Waals surface area contributed by atoms with Crippen LogP contribution >= 0.6 is 11.6 Å². The zero-order valence-corrected chi connectivity index (χ0v) is 17.2. The monoisotopic (exact) mass is 431 g/mol. The molecule has 3 aliphatic rings. The second-order valence-corrected chi connectivity index (χ2v) is 8.46. The Kier molecular flexibility index (Phi) is 5.80. The Balaban J connectivity index is 1.32. The van der Waals surface area contributed by atoms with Crippen LogP contribution in [0.25, 0.3) is 0 Å². The average molecular weight is 432 g/mol. The van der Waals surface area contributed by atoms with Gasteiger partial charge in [0, 0.05) is 12.5 Å². The summed E-state index contributed by atoms with van der Waals surface area (Å²) in [6.45, 7) is 0.171. The summed E-state index contributed by atoms with van der Waals surface area (Å²) in [5.41, 5.74) is -0.230. The van der Waals surface area contributed by atoms with Crippen LogP contribution in [0.4, 0.5) is 4.39 Å². The van der Waals surface area contributed by atoms with Crippen molar-refractivity contribution < 1.29 is 23.5 Å². The van der Waals surface area contributed by atoms with E-state index in [9.17, 15) is 14.0 Å². The van der Waals surface area contributed by atoms with Gasteiger partial charge < -0.3 is 14.8 Å². The van der Waals surface area contributed by atoms with Gasteiger partial charge in [0.1, 0.15) is 11.6 Å². The van der Waals surface area contributed by atoms with E-state index >= 15 is 0 Å². The minimum absolute atomic E-state index is 0.000973. The van der Waals surface area contributed by atoms with Crippen LogP contribution < -0.4 is 10.1 Å². The molecule has 3 saturated carbocycles. The Morgan fingerprint density at radius 3 is 2.50 bits per heavy atom. The molecule has 1 amide bonds. The summed E-state index contributed by atoms with van der Waals surface area (Å²) in [5, 5.41) is 2.85. The van der Waals surface area contributed by atoms with Crippen molar-refractivity contribution in [2.45, 2.75) is 49.9 Å². The van der Waals surface area contributed by atoms with Crippen LogP contribution in [0, 0.1) is 5.82 Å². The summed E-state index contributed by atoms with van der Waals surface area (Å²) in [7, 11) is 0. The first-order chi connectivity index (χ1) is 14.4. The highest BCUT2D eigenvalue weighted by atomic mass is 35.5. The van der Waals surface area contributed by atoms with Gasteiger partial charge in [-0.1, -0.05) is 41.9 Å². The van der Waals surface area contributed by atoms with Crippen molar-refractivity contribution in [3.05, 3.63) is 64.9 Å². The second kappa shape index (κ2) is 8.36. The highest BCUT2D eigenvalue weighted by molar-refractivity contribution is 6.30. The van der Waals surface area contributed by atoms with Crippen molar-refractivity contribution in [3.63, 3.8) is 0 Å². The van der Waals surface area contributed by atoms with Crippen molar-refractivity contribution >= 4 is 23.3 Å². The Morgan fingerprint density at radius 1 is 1.10 bits per heavy atom. The van der Waals surface area contributed by atoms with E-state index in [4.69, 9.17) is 21.1 Å². The van der Waals surface area contributed by atoms with Gasteiger partial charge in [-0.15, -0.1) is 0 Å². The molecule has 0 saturated heterocycles. The third-order valence-corrected chi connectivity index (χ3v) is 6.37. The van der Waals surface area contributed by atoms with Crippen molar-refractivity contribution in [3.8, 4) is 5.75 Å². The molecule has 0 spiro atoms. The summed E-state index contributed by atoms with van der Waals surface area (Å²) in [6, 6.07) is 13.9. The van der Waals surface area contributed by atoms with Gasteiger partial charge in [0.2, 0.25) is 0 Å². The molecule has 3 aliphatic carbocycles. The van der Waals surface area contributed by atoms with E-state index in [-0.39, 0.29) is 23.2 Å². The molecule has 5 rings (SSSR count). The number of ketones is 1. The molecule has 7 heteroatoms. The maximum absolute atomic E-state index is 13.5. The summed E-state index contributed by atoms with van der Waals surface area (Å²) in [4.78, 5) is 25.3. The van der Waals surface area contributed by atoms with E-state index in [1.54, 1.807) is 0 Å². The molecule has 0 atom stereocenters. The molecule has 3 fully saturated rings. The van der Waals surface area contributed by atoms with Gasteiger partial charge in [-0.2, -0.15) is 0 Å². The molecular weight excluding hydrogens is 409 g/mol. The minimum Gasteiger partial charge on any atom is -0.484 e. The highest BCUT2D eigenvalue weighted by Crippen LogP contribution is 2.47. The van der Waals surface area contributed by atoms with Crippen LogP contribution in [0.15, 0.2) is 48.5 Å². The average Bonchev–Trinajstić information content (AvgIpc) is 2.75. The molecule has 0 radical (unpaired) electrons. The zero-order chi connectivity index (χ0) is 21.2. The number of hydrogen-bond donors (Lipinski definition) is 1. The van der Waals surface area contributed by atoms with E-state index in [0.717, 1.165) is 24.5 Å². The topological polar surface area (TPSA) is 64.6 Å². The summed E-state index contributed by atoms with van der Waals surface area (Å²) in [5.74, 6) is -0.816. The van der Waals surface area contributed by atoms with Gasteiger partial charge in [0.25, 0.3) is 5.91 Å². The number of Topliss-reactive ketones (excluding diaryl/α,β-unsaturated/α-hetero) is 1. The van der Waals surface area contributed by atoms with Crippen LogP contribution in [0.3, 0.4) is 0 Å². The van der Waals surface area contributed by atoms with Crippen LogP contribution in [-0.2, 0) is 20.9 Å². The predicted octanol–water partition coefficient (Wildman–Crippen LogP) is 4.22. The molecule has 2 bridgehead atoms. The number of hydrogen-bond acceptors (Lipinski definition) is 4. The highest BCUT2D eigenvalue weighted by Gasteiger charge is 2.55. The van der Waals surface area contributed by atoms with Crippen LogP contribution in [0.2, 0.25) is 5.02 Å². The number of benzene rings is 2. The zero-order valence-electron chi connectivity index (χ0n) is 16.5. The number of nitrogens with one attached hydrogen (secondary N) is 1. The fraction of sp³-hybridized carbons (Fsp3) is 0.391. The maximum Gasteiger partial charge on any atom is 0.258 e. The van der Waals surface area contributed by atoms with Gasteiger partial charge in [0.15, 0.2) is 12.4 Å². The van der Waals surface area contributed by atoms with E-state index in [0.29, 0.717) is 25.9 Å². The van der Waals surface area contributed by atoms with E-state index < -0.39 is 22.9 Å². The Bertz CT molecular complexity index is 941. The van der Waals surface area contributed by atoms with E-state index in [1.807, 2.05) is 30.3 Å². The number of amides is 1. The molecule has 5 nitrogen and oxygen atoms in total. The standard InChI is InChI=1S/C23H23ClFNO4/c24-18-7-6-17(12-19(18)25)29-15-21(28)26-23-10-8-22(9-11-23,13-20(23)27)30-14-16-4-2-1-3-5-16/h1-7,12H,8-11,13-15H2,(H,26,28). The molecular formula is C23H23ClFNO4. The van der Waals surface area contributed by atoms with Gasteiger partial charge >= 0.3 is 0 Å². The van der Waals surface area contributed by atoms with Crippen molar-refractivity contribution in [2.24, 2.45) is 0 Å². The van der Waals surface area contributed by atoms with Crippen LogP contribution in [0.5, 0.6) is 5.75 Å². The number of fused-ring (bicyclic) bond motifs is 3. The summed E-state index contributed by atoms with van der Waals surface area (Å²) in [6.07, 6.45) is 2.82. The first-order valence-electron chi connectivity index (χ1n) is 10.00. The molecule has 1 N–H and O–H groups in total. The molecule has 0 heterocycles. The van der Waals surface area contributed by atoms with Crippen molar-refractivity contribution in [1.29, 1.82) is 0 Å². The Labute approximate surface area is 179 Å². The Morgan fingerprint density at radius 2 is 1.83 bits per heavy atom. The normalized spacial score (nSPS) is 25.2. The first kappa shape index (κ1) is 20.8. The predicted molar refractivity (Wildman–Crippen MR) is 110 cm³/mol. The first-order valence-corrected chi connectivity index (χ1v) is 10.4. The lowest BCUT2D eigenvalue weighted by Gasteiger charge is -2.51. The lowest BCUT2D eigenvalue weighted by molar-refractivity contribution is -0.162. The molecule has 2 aromatic carbocycles. The molecule has 0 aliphatic heterocycles. The molecule has 0 unspecified atom stereocenters. The van der Waals surface area contributed by atoms with E-state index in [2.05, 4.69) is 5.32 Å². The third kappa shape index (κ3) is 4.35. The van der Waals surface area contributed by atoms with Gasteiger partial charge in [-0.05, 0) is 43.4 Å². The minimum atomic E-state index is -0.858. The fourth-order valence-corrected chi connectivity index (χ4v) is 4.39. The maximum atomic E-state index is 13.5.